The van der Waals surface area contributed by atoms with Crippen LogP contribution in [0.25, 0.3) is 0 Å². The molecule has 0 aliphatic heterocycles. The van der Waals surface area contributed by atoms with E-state index in [0.29, 0.717) is 37.2 Å². The lowest BCUT2D eigenvalue weighted by atomic mass is 10.1. The SMILES string of the molecule is CCNC(=NCc1ccc(S(C)(=O)=O)c(C)c1)NCc1ccc(OCCOC)cc1.I. The van der Waals surface area contributed by atoms with Crippen molar-refractivity contribution < 1.29 is 17.9 Å². The predicted octanol–water partition coefficient (Wildman–Crippen LogP) is 3.30. The number of sulfone groups is 1. The van der Waals surface area contributed by atoms with Gasteiger partial charge in [0.05, 0.1) is 18.0 Å². The number of methoxy groups -OCH3 is 1. The number of rotatable bonds is 10. The van der Waals surface area contributed by atoms with E-state index in [1.165, 1.54) is 6.26 Å². The Labute approximate surface area is 202 Å². The molecule has 0 bridgehead atoms. The number of guanidine groups is 1. The number of hydrogen-bond donors (Lipinski definition) is 2. The second-order valence-corrected chi connectivity index (χ2v) is 8.89. The summed E-state index contributed by atoms with van der Waals surface area (Å²) in [5, 5.41) is 6.53. The van der Waals surface area contributed by atoms with Gasteiger partial charge in [-0.1, -0.05) is 24.3 Å². The first kappa shape index (κ1) is 27.2. The fourth-order valence-corrected chi connectivity index (χ4v) is 3.83. The van der Waals surface area contributed by atoms with Crippen LogP contribution in [0.15, 0.2) is 52.4 Å². The highest BCUT2D eigenvalue weighted by atomic mass is 127. The number of nitrogens with zero attached hydrogens (tertiary/aromatic N) is 1. The summed E-state index contributed by atoms with van der Waals surface area (Å²) in [4.78, 5) is 4.96. The average Bonchev–Trinajstić information content (AvgIpc) is 2.70. The van der Waals surface area contributed by atoms with Gasteiger partial charge in [-0.15, -0.1) is 24.0 Å². The summed E-state index contributed by atoms with van der Waals surface area (Å²) in [6.07, 6.45) is 1.22. The lowest BCUT2D eigenvalue weighted by Crippen LogP contribution is -2.36. The standard InChI is InChI=1S/C22H31N3O4S.HI/c1-5-23-22(24-15-18-6-9-20(10-7-18)29-13-12-28-3)25-16-19-8-11-21(17(2)14-19)30(4,26)27;/h6-11,14H,5,12-13,15-16H2,1-4H3,(H2,23,24,25);1H. The third kappa shape index (κ3) is 9.44. The monoisotopic (exact) mass is 561 g/mol. The number of ether oxygens (including phenoxy) is 2. The Balaban J connectivity index is 0.00000480. The van der Waals surface area contributed by atoms with Crippen LogP contribution < -0.4 is 15.4 Å². The number of nitrogens with one attached hydrogen (secondary N) is 2. The molecule has 2 N–H and O–H groups in total. The second-order valence-electron chi connectivity index (χ2n) is 6.91. The summed E-state index contributed by atoms with van der Waals surface area (Å²) in [5.41, 5.74) is 2.79. The predicted molar refractivity (Wildman–Crippen MR) is 135 cm³/mol. The van der Waals surface area contributed by atoms with E-state index in [2.05, 4.69) is 15.6 Å². The van der Waals surface area contributed by atoms with Crippen LogP contribution in [0.3, 0.4) is 0 Å². The molecule has 2 aromatic rings. The summed E-state index contributed by atoms with van der Waals surface area (Å²) in [6.45, 7) is 6.70. The zero-order chi connectivity index (χ0) is 22.0. The van der Waals surface area contributed by atoms with E-state index in [1.807, 2.05) is 37.3 Å². The fourth-order valence-electron chi connectivity index (χ4n) is 2.87. The van der Waals surface area contributed by atoms with Gasteiger partial charge in [-0.05, 0) is 48.7 Å². The maximum absolute atomic E-state index is 11.8. The Bertz CT molecular complexity index is 948. The molecule has 0 aliphatic rings. The molecule has 0 spiro atoms. The van der Waals surface area contributed by atoms with E-state index < -0.39 is 9.84 Å². The zero-order valence-corrected chi connectivity index (χ0v) is 21.6. The Morgan fingerprint density at radius 1 is 1.03 bits per heavy atom. The molecule has 0 saturated carbocycles. The van der Waals surface area contributed by atoms with E-state index in [1.54, 1.807) is 26.2 Å². The lowest BCUT2D eigenvalue weighted by molar-refractivity contribution is 0.146. The van der Waals surface area contributed by atoms with Gasteiger partial charge in [-0.3, -0.25) is 0 Å². The quantitative estimate of drug-likeness (QED) is 0.200. The number of hydrogen-bond acceptors (Lipinski definition) is 5. The van der Waals surface area contributed by atoms with Crippen molar-refractivity contribution in [3.8, 4) is 5.75 Å². The summed E-state index contributed by atoms with van der Waals surface area (Å²) in [6, 6.07) is 13.2. The summed E-state index contributed by atoms with van der Waals surface area (Å²) < 4.78 is 34.1. The van der Waals surface area contributed by atoms with Crippen molar-refractivity contribution in [2.24, 2.45) is 4.99 Å². The van der Waals surface area contributed by atoms with Crippen LogP contribution in [0, 0.1) is 6.92 Å². The minimum Gasteiger partial charge on any atom is -0.491 e. The topological polar surface area (TPSA) is 89.0 Å². The van der Waals surface area contributed by atoms with Crippen LogP contribution in [0.5, 0.6) is 5.75 Å². The third-order valence-corrected chi connectivity index (χ3v) is 5.60. The maximum atomic E-state index is 11.8. The van der Waals surface area contributed by atoms with Crippen molar-refractivity contribution in [3.05, 3.63) is 59.2 Å². The molecule has 7 nitrogen and oxygen atoms in total. The van der Waals surface area contributed by atoms with E-state index >= 15 is 0 Å². The van der Waals surface area contributed by atoms with Crippen LogP contribution in [-0.4, -0.2) is 47.5 Å². The molecular formula is C22H32IN3O4S. The van der Waals surface area contributed by atoms with E-state index in [4.69, 9.17) is 9.47 Å². The van der Waals surface area contributed by atoms with Crippen LogP contribution in [0.1, 0.15) is 23.6 Å². The summed E-state index contributed by atoms with van der Waals surface area (Å²) >= 11 is 0. The lowest BCUT2D eigenvalue weighted by Gasteiger charge is -2.12. The van der Waals surface area contributed by atoms with E-state index in [-0.39, 0.29) is 24.0 Å². The molecule has 9 heteroatoms. The highest BCUT2D eigenvalue weighted by molar-refractivity contribution is 14.0. The van der Waals surface area contributed by atoms with Crippen molar-refractivity contribution >= 4 is 39.8 Å². The maximum Gasteiger partial charge on any atom is 0.191 e. The Kier molecular flexibility index (Phi) is 11.9. The van der Waals surface area contributed by atoms with E-state index in [0.717, 1.165) is 29.0 Å². The number of aliphatic imine (C=N–C) groups is 1. The van der Waals surface area contributed by atoms with Gasteiger partial charge in [0.1, 0.15) is 12.4 Å². The first-order valence-corrected chi connectivity index (χ1v) is 11.7. The fraction of sp³-hybridized carbons (Fsp3) is 0.409. The molecule has 0 saturated heterocycles. The zero-order valence-electron chi connectivity index (χ0n) is 18.5. The van der Waals surface area contributed by atoms with Gasteiger partial charge in [-0.2, -0.15) is 0 Å². The minimum absolute atomic E-state index is 0. The highest BCUT2D eigenvalue weighted by Crippen LogP contribution is 2.17. The molecular weight excluding hydrogens is 529 g/mol. The third-order valence-electron chi connectivity index (χ3n) is 4.34. The largest absolute Gasteiger partial charge is 0.491 e. The van der Waals surface area contributed by atoms with Crippen molar-refractivity contribution in [1.29, 1.82) is 0 Å². The molecule has 0 unspecified atom stereocenters. The number of aryl methyl sites for hydroxylation is 1. The van der Waals surface area contributed by atoms with Gasteiger partial charge in [0.2, 0.25) is 0 Å². The highest BCUT2D eigenvalue weighted by Gasteiger charge is 2.10. The molecule has 0 aliphatic carbocycles. The normalized spacial score (nSPS) is 11.5. The van der Waals surface area contributed by atoms with Crippen LogP contribution in [-0.2, 0) is 27.7 Å². The van der Waals surface area contributed by atoms with E-state index in [9.17, 15) is 8.42 Å². The van der Waals surface area contributed by atoms with Gasteiger partial charge in [0, 0.05) is 26.5 Å². The number of benzene rings is 2. The van der Waals surface area contributed by atoms with Crippen molar-refractivity contribution in [2.45, 2.75) is 31.8 Å². The van der Waals surface area contributed by atoms with Crippen LogP contribution in [0.2, 0.25) is 0 Å². The molecule has 0 aromatic heterocycles. The smallest absolute Gasteiger partial charge is 0.191 e. The summed E-state index contributed by atoms with van der Waals surface area (Å²) in [7, 11) is -1.57. The van der Waals surface area contributed by atoms with Gasteiger partial charge >= 0.3 is 0 Å². The van der Waals surface area contributed by atoms with Crippen molar-refractivity contribution in [1.82, 2.24) is 10.6 Å². The Morgan fingerprint density at radius 3 is 2.29 bits per heavy atom. The van der Waals surface area contributed by atoms with Crippen LogP contribution >= 0.6 is 24.0 Å². The molecule has 2 rings (SSSR count). The molecule has 0 amide bonds. The van der Waals surface area contributed by atoms with Crippen molar-refractivity contribution in [3.63, 3.8) is 0 Å². The van der Waals surface area contributed by atoms with Gasteiger partial charge in [0.15, 0.2) is 15.8 Å². The first-order chi connectivity index (χ1) is 14.3. The molecule has 2 aromatic carbocycles. The van der Waals surface area contributed by atoms with Gasteiger partial charge < -0.3 is 20.1 Å². The van der Waals surface area contributed by atoms with Crippen LogP contribution in [0.4, 0.5) is 0 Å². The second kappa shape index (κ2) is 13.5. The number of halogens is 1. The average molecular weight is 561 g/mol. The summed E-state index contributed by atoms with van der Waals surface area (Å²) in [5.74, 6) is 1.51. The van der Waals surface area contributed by atoms with Crippen molar-refractivity contribution in [2.75, 3.05) is 33.1 Å². The Hall–Kier alpha value is -1.85. The molecule has 0 fully saturated rings. The Morgan fingerprint density at radius 2 is 1.71 bits per heavy atom. The van der Waals surface area contributed by atoms with Gasteiger partial charge in [-0.25, -0.2) is 13.4 Å². The molecule has 172 valence electrons. The molecule has 31 heavy (non-hydrogen) atoms. The minimum atomic E-state index is -3.21. The first-order valence-electron chi connectivity index (χ1n) is 9.86. The molecule has 0 heterocycles. The molecule has 0 atom stereocenters. The molecule has 0 radical (unpaired) electrons. The van der Waals surface area contributed by atoms with Gasteiger partial charge in [0.25, 0.3) is 0 Å².